The van der Waals surface area contributed by atoms with E-state index in [2.05, 4.69) is 10.3 Å². The van der Waals surface area contributed by atoms with E-state index in [0.29, 0.717) is 35.6 Å². The number of rotatable bonds is 6. The van der Waals surface area contributed by atoms with Gasteiger partial charge in [0.15, 0.2) is 5.13 Å². The summed E-state index contributed by atoms with van der Waals surface area (Å²) in [6, 6.07) is 2.97. The Morgan fingerprint density at radius 1 is 1.33 bits per heavy atom. The first-order valence-corrected chi connectivity index (χ1v) is 9.73. The van der Waals surface area contributed by atoms with Crippen molar-refractivity contribution in [2.24, 2.45) is 5.14 Å². The molecular formula is C15H20N4O3S2. The van der Waals surface area contributed by atoms with Crippen molar-refractivity contribution in [1.82, 2.24) is 10.3 Å². The minimum Gasteiger partial charge on any atom is -0.375 e. The number of benzene rings is 1. The molecule has 0 saturated carbocycles. The van der Waals surface area contributed by atoms with Crippen LogP contribution in [0.15, 0.2) is 22.4 Å². The number of thiazole rings is 1. The number of anilines is 1. The molecule has 2 aromatic rings. The Hall–Kier alpha value is -1.97. The number of carbonyl (C=O) groups excluding carboxylic acids is 1. The van der Waals surface area contributed by atoms with E-state index in [9.17, 15) is 13.2 Å². The Morgan fingerprint density at radius 3 is 2.62 bits per heavy atom. The van der Waals surface area contributed by atoms with E-state index in [0.717, 1.165) is 5.69 Å². The third-order valence-corrected chi connectivity index (χ3v) is 5.41. The smallest absolute Gasteiger partial charge is 0.251 e. The summed E-state index contributed by atoms with van der Waals surface area (Å²) in [4.78, 5) is 16.3. The molecule has 0 fully saturated rings. The Morgan fingerprint density at radius 2 is 2.04 bits per heavy atom. The third kappa shape index (κ3) is 4.53. The lowest BCUT2D eigenvalue weighted by Gasteiger charge is -2.11. The van der Waals surface area contributed by atoms with Gasteiger partial charge in [0, 0.05) is 17.5 Å². The lowest BCUT2D eigenvalue weighted by atomic mass is 10.1. The first kappa shape index (κ1) is 18.4. The first-order valence-electron chi connectivity index (χ1n) is 7.30. The van der Waals surface area contributed by atoms with Crippen LogP contribution in [0, 0.1) is 13.8 Å². The molecule has 0 aliphatic rings. The van der Waals surface area contributed by atoms with Crippen molar-refractivity contribution in [1.29, 1.82) is 0 Å². The molecule has 7 nitrogen and oxygen atoms in total. The quantitative estimate of drug-likeness (QED) is 0.663. The minimum absolute atomic E-state index is 0.0226. The van der Waals surface area contributed by atoms with E-state index < -0.39 is 10.0 Å². The summed E-state index contributed by atoms with van der Waals surface area (Å²) in [5.74, 6) is -0.333. The summed E-state index contributed by atoms with van der Waals surface area (Å²) in [6.45, 7) is 3.86. The van der Waals surface area contributed by atoms with Crippen molar-refractivity contribution in [3.8, 4) is 0 Å². The molecule has 24 heavy (non-hydrogen) atoms. The molecule has 1 heterocycles. The van der Waals surface area contributed by atoms with Crippen molar-refractivity contribution < 1.29 is 13.2 Å². The van der Waals surface area contributed by atoms with Gasteiger partial charge >= 0.3 is 0 Å². The molecule has 2 rings (SSSR count). The van der Waals surface area contributed by atoms with E-state index in [1.54, 1.807) is 19.9 Å². The Bertz CT molecular complexity index is 860. The summed E-state index contributed by atoms with van der Waals surface area (Å²) in [6.07, 6.45) is 1.42. The van der Waals surface area contributed by atoms with Gasteiger partial charge in [0.2, 0.25) is 10.0 Å². The lowest BCUT2D eigenvalue weighted by molar-refractivity contribution is 0.0953. The fourth-order valence-corrected chi connectivity index (χ4v) is 3.74. The number of nitrogens with zero attached hydrogens (tertiary/aromatic N) is 1. The number of aromatic nitrogens is 1. The van der Waals surface area contributed by atoms with E-state index >= 15 is 0 Å². The molecule has 0 unspecified atom stereocenters. The van der Waals surface area contributed by atoms with Gasteiger partial charge in [-0.3, -0.25) is 4.79 Å². The largest absolute Gasteiger partial charge is 0.375 e. The molecule has 0 aliphatic heterocycles. The third-order valence-electron chi connectivity index (χ3n) is 3.65. The Labute approximate surface area is 145 Å². The highest BCUT2D eigenvalue weighted by Crippen LogP contribution is 2.20. The van der Waals surface area contributed by atoms with Crippen LogP contribution in [0.5, 0.6) is 0 Å². The molecule has 1 aromatic carbocycles. The summed E-state index contributed by atoms with van der Waals surface area (Å²) in [5, 5.41) is 10.4. The first-order chi connectivity index (χ1) is 11.2. The summed E-state index contributed by atoms with van der Waals surface area (Å²) in [5.41, 5.74) is 7.99. The number of nitrogens with two attached hydrogens (primary N) is 2. The molecular weight excluding hydrogens is 348 g/mol. The van der Waals surface area contributed by atoms with Gasteiger partial charge in [-0.15, -0.1) is 11.3 Å². The van der Waals surface area contributed by atoms with Crippen LogP contribution in [0.4, 0.5) is 5.13 Å². The molecule has 0 bridgehead atoms. The number of nitrogens with one attached hydrogen (secondary N) is 1. The van der Waals surface area contributed by atoms with Crippen molar-refractivity contribution in [2.45, 2.75) is 31.6 Å². The molecule has 1 amide bonds. The number of carbonyl (C=O) groups is 1. The molecule has 5 N–H and O–H groups in total. The van der Waals surface area contributed by atoms with Crippen LogP contribution in [-0.2, 0) is 16.4 Å². The average Bonchev–Trinajstić information content (AvgIpc) is 2.90. The highest BCUT2D eigenvalue weighted by atomic mass is 32.2. The molecule has 0 saturated heterocycles. The normalized spacial score (nSPS) is 11.5. The van der Waals surface area contributed by atoms with Gasteiger partial charge in [-0.2, -0.15) is 0 Å². The SMILES string of the molecule is Cc1cc(C(=O)NCCCc2csc(N)n2)cc(S(N)(=O)=O)c1C. The number of hydrogen-bond acceptors (Lipinski definition) is 6. The molecule has 1 aromatic heterocycles. The Kier molecular flexibility index (Phi) is 5.58. The number of nitrogen functional groups attached to an aromatic ring is 1. The molecule has 130 valence electrons. The van der Waals surface area contributed by atoms with Gasteiger partial charge in [0.25, 0.3) is 5.91 Å². The predicted molar refractivity (Wildman–Crippen MR) is 94.5 cm³/mol. The molecule has 0 radical (unpaired) electrons. The van der Waals surface area contributed by atoms with Crippen LogP contribution in [0.25, 0.3) is 0 Å². The Balaban J connectivity index is 2.01. The van der Waals surface area contributed by atoms with E-state index in [1.807, 2.05) is 5.38 Å². The number of sulfonamides is 1. The standard InChI is InChI=1S/C15H20N4O3S2/c1-9-6-11(7-13(10(9)2)24(17,21)22)14(20)18-5-3-4-12-8-23-15(16)19-12/h6-8H,3-5H2,1-2H3,(H2,16,19)(H,18,20)(H2,17,21,22). The van der Waals surface area contributed by atoms with Gasteiger partial charge < -0.3 is 11.1 Å². The van der Waals surface area contributed by atoms with Gasteiger partial charge in [-0.05, 0) is 49.9 Å². The summed E-state index contributed by atoms with van der Waals surface area (Å²) < 4.78 is 23.3. The van der Waals surface area contributed by atoms with Crippen LogP contribution >= 0.6 is 11.3 Å². The highest BCUT2D eigenvalue weighted by molar-refractivity contribution is 7.89. The number of aryl methyl sites for hydroxylation is 2. The topological polar surface area (TPSA) is 128 Å². The van der Waals surface area contributed by atoms with Crippen LogP contribution in [-0.4, -0.2) is 25.9 Å². The highest BCUT2D eigenvalue weighted by Gasteiger charge is 2.17. The summed E-state index contributed by atoms with van der Waals surface area (Å²) in [7, 11) is -3.87. The fraction of sp³-hybridized carbons (Fsp3) is 0.333. The second-order valence-electron chi connectivity index (χ2n) is 5.50. The van der Waals surface area contributed by atoms with Crippen molar-refractivity contribution in [3.63, 3.8) is 0 Å². The lowest BCUT2D eigenvalue weighted by Crippen LogP contribution is -2.25. The maximum absolute atomic E-state index is 12.2. The van der Waals surface area contributed by atoms with Gasteiger partial charge in [0.1, 0.15) is 0 Å². The fourth-order valence-electron chi connectivity index (χ4n) is 2.26. The predicted octanol–water partition coefficient (Wildman–Crippen LogP) is 1.35. The summed E-state index contributed by atoms with van der Waals surface area (Å²) >= 11 is 1.38. The van der Waals surface area contributed by atoms with E-state index in [4.69, 9.17) is 10.9 Å². The van der Waals surface area contributed by atoms with Gasteiger partial charge in [-0.1, -0.05) is 0 Å². The number of hydrogen-bond donors (Lipinski definition) is 3. The molecule has 0 atom stereocenters. The van der Waals surface area contributed by atoms with Gasteiger partial charge in [0.05, 0.1) is 10.6 Å². The average molecular weight is 368 g/mol. The number of amides is 1. The zero-order valence-electron chi connectivity index (χ0n) is 13.5. The van der Waals surface area contributed by atoms with E-state index in [1.165, 1.54) is 17.4 Å². The molecule has 9 heteroatoms. The minimum atomic E-state index is -3.87. The van der Waals surface area contributed by atoms with Crippen LogP contribution in [0.3, 0.4) is 0 Å². The maximum atomic E-state index is 12.2. The van der Waals surface area contributed by atoms with Crippen molar-refractivity contribution >= 4 is 32.4 Å². The monoisotopic (exact) mass is 368 g/mol. The van der Waals surface area contributed by atoms with Crippen LogP contribution in [0.1, 0.15) is 33.6 Å². The van der Waals surface area contributed by atoms with Crippen LogP contribution in [0.2, 0.25) is 0 Å². The van der Waals surface area contributed by atoms with Crippen molar-refractivity contribution in [3.05, 3.63) is 39.9 Å². The van der Waals surface area contributed by atoms with Crippen LogP contribution < -0.4 is 16.2 Å². The second-order valence-corrected chi connectivity index (χ2v) is 7.92. The van der Waals surface area contributed by atoms with Gasteiger partial charge in [-0.25, -0.2) is 18.5 Å². The van der Waals surface area contributed by atoms with E-state index in [-0.39, 0.29) is 16.4 Å². The molecule has 0 spiro atoms. The second kappa shape index (κ2) is 7.29. The maximum Gasteiger partial charge on any atom is 0.251 e. The van der Waals surface area contributed by atoms with Crippen molar-refractivity contribution in [2.75, 3.05) is 12.3 Å². The zero-order valence-corrected chi connectivity index (χ0v) is 15.1. The number of primary sulfonamides is 1. The zero-order chi connectivity index (χ0) is 17.9. The molecule has 0 aliphatic carbocycles.